The van der Waals surface area contributed by atoms with E-state index in [1.54, 1.807) is 13.1 Å². The highest BCUT2D eigenvalue weighted by atomic mass is 19.2. The number of aromatic nitrogens is 1. The standard InChI is InChI=1S/C19H26F2N6/c1-3-5-16(20)17(21)12-25-19(26-23)15-10-14(11-24-18(15)22)13-6-4-8-27(2)9-7-13/h3,5,7,10-11H,4,6,8-9,12,23H2,1-2H3,(H2,22,24)(H,25,26)/b5-3-,17-16-. The van der Waals surface area contributed by atoms with Gasteiger partial charge in [0.15, 0.2) is 11.7 Å². The zero-order valence-corrected chi connectivity index (χ0v) is 15.7. The van der Waals surface area contributed by atoms with Crippen LogP contribution in [0.5, 0.6) is 0 Å². The number of hydrazine groups is 1. The second kappa shape index (κ2) is 9.94. The van der Waals surface area contributed by atoms with Gasteiger partial charge in [0.2, 0.25) is 0 Å². The summed E-state index contributed by atoms with van der Waals surface area (Å²) in [4.78, 5) is 10.5. The maximum atomic E-state index is 13.8. The number of amidine groups is 1. The van der Waals surface area contributed by atoms with Crippen molar-refractivity contribution in [3.05, 3.63) is 53.3 Å². The second-order valence-electron chi connectivity index (χ2n) is 6.31. The van der Waals surface area contributed by atoms with E-state index >= 15 is 0 Å². The molecule has 0 saturated heterocycles. The van der Waals surface area contributed by atoms with Gasteiger partial charge in [-0.2, -0.15) is 0 Å². The lowest BCUT2D eigenvalue weighted by atomic mass is 10.0. The molecule has 1 aromatic heterocycles. The van der Waals surface area contributed by atoms with Crippen LogP contribution >= 0.6 is 0 Å². The van der Waals surface area contributed by atoms with Crippen molar-refractivity contribution in [3.63, 3.8) is 0 Å². The van der Waals surface area contributed by atoms with Gasteiger partial charge in [-0.15, -0.1) is 0 Å². The molecule has 27 heavy (non-hydrogen) atoms. The number of nitrogens with two attached hydrogens (primary N) is 2. The molecule has 0 radical (unpaired) electrons. The van der Waals surface area contributed by atoms with Crippen molar-refractivity contribution >= 4 is 17.2 Å². The summed E-state index contributed by atoms with van der Waals surface area (Å²) in [6.45, 7) is 2.98. The number of allylic oxidation sites excluding steroid dienone is 4. The highest BCUT2D eigenvalue weighted by Gasteiger charge is 2.14. The molecule has 1 aliphatic rings. The van der Waals surface area contributed by atoms with Crippen molar-refractivity contribution in [1.82, 2.24) is 15.3 Å². The quantitative estimate of drug-likeness (QED) is 0.242. The lowest BCUT2D eigenvalue weighted by molar-refractivity contribution is 0.372. The highest BCUT2D eigenvalue weighted by molar-refractivity contribution is 6.02. The molecule has 2 rings (SSSR count). The first-order valence-corrected chi connectivity index (χ1v) is 8.78. The first kappa shape index (κ1) is 20.7. The highest BCUT2D eigenvalue weighted by Crippen LogP contribution is 2.24. The van der Waals surface area contributed by atoms with Crippen LogP contribution in [0, 0.1) is 0 Å². The molecule has 0 aromatic carbocycles. The minimum atomic E-state index is -0.988. The summed E-state index contributed by atoms with van der Waals surface area (Å²) in [6, 6.07) is 1.82. The van der Waals surface area contributed by atoms with Crippen molar-refractivity contribution in [1.29, 1.82) is 0 Å². The van der Waals surface area contributed by atoms with Crippen LogP contribution < -0.4 is 17.0 Å². The van der Waals surface area contributed by atoms with Crippen LogP contribution in [-0.2, 0) is 0 Å². The lowest BCUT2D eigenvalue weighted by Crippen LogP contribution is -2.32. The first-order valence-electron chi connectivity index (χ1n) is 8.78. The zero-order chi connectivity index (χ0) is 19.8. The molecule has 0 fully saturated rings. The number of nitrogens with one attached hydrogen (secondary N) is 1. The predicted octanol–water partition coefficient (Wildman–Crippen LogP) is 2.71. The minimum Gasteiger partial charge on any atom is -0.383 e. The van der Waals surface area contributed by atoms with Crippen molar-refractivity contribution < 1.29 is 8.78 Å². The van der Waals surface area contributed by atoms with E-state index < -0.39 is 18.2 Å². The molecular formula is C19H26F2N6. The van der Waals surface area contributed by atoms with Crippen molar-refractivity contribution in [2.75, 3.05) is 32.4 Å². The summed E-state index contributed by atoms with van der Waals surface area (Å²) in [5, 5.41) is 0. The molecule has 0 amide bonds. The van der Waals surface area contributed by atoms with Gasteiger partial charge in [0.05, 0.1) is 12.1 Å². The third-order valence-electron chi connectivity index (χ3n) is 4.26. The molecule has 8 heteroatoms. The Morgan fingerprint density at radius 2 is 2.22 bits per heavy atom. The van der Waals surface area contributed by atoms with Crippen molar-refractivity contribution in [3.8, 4) is 0 Å². The average Bonchev–Trinajstić information content (AvgIpc) is 2.88. The fourth-order valence-electron chi connectivity index (χ4n) is 2.77. The molecule has 146 valence electrons. The number of anilines is 1. The number of hydrogen-bond acceptors (Lipinski definition) is 5. The van der Waals surface area contributed by atoms with Gasteiger partial charge in [-0.1, -0.05) is 12.2 Å². The molecule has 5 N–H and O–H groups in total. The largest absolute Gasteiger partial charge is 0.383 e. The Balaban J connectivity index is 2.32. The number of nitrogens with zero attached hydrogens (tertiary/aromatic N) is 3. The summed E-state index contributed by atoms with van der Waals surface area (Å²) < 4.78 is 27.2. The van der Waals surface area contributed by atoms with E-state index in [0.717, 1.165) is 43.1 Å². The fraction of sp³-hybridized carbons (Fsp3) is 0.368. The SMILES string of the molecule is C/C=C\C(F)=C(\F)CN=C(NN)c1cc(C2=CCN(C)CCC2)cnc1N. The smallest absolute Gasteiger partial charge is 0.157 e. The topological polar surface area (TPSA) is 92.6 Å². The lowest BCUT2D eigenvalue weighted by Gasteiger charge is -2.12. The van der Waals surface area contributed by atoms with Crippen molar-refractivity contribution in [2.24, 2.45) is 10.8 Å². The van der Waals surface area contributed by atoms with Gasteiger partial charge < -0.3 is 16.1 Å². The van der Waals surface area contributed by atoms with Crippen LogP contribution in [0.15, 0.2) is 47.1 Å². The Kier molecular flexibility index (Phi) is 7.63. The van der Waals surface area contributed by atoms with Gasteiger partial charge >= 0.3 is 0 Å². The summed E-state index contributed by atoms with van der Waals surface area (Å²) in [5.74, 6) is 3.94. The van der Waals surface area contributed by atoms with Gasteiger partial charge in [0.25, 0.3) is 0 Å². The Bertz CT molecular complexity index is 782. The van der Waals surface area contributed by atoms with E-state index in [4.69, 9.17) is 11.6 Å². The Labute approximate surface area is 158 Å². The number of pyridine rings is 1. The zero-order valence-electron chi connectivity index (χ0n) is 15.7. The van der Waals surface area contributed by atoms with E-state index in [-0.39, 0.29) is 11.7 Å². The van der Waals surface area contributed by atoms with Gasteiger partial charge in [-0.3, -0.25) is 4.99 Å². The molecule has 1 aliphatic heterocycles. The molecule has 1 aromatic rings. The second-order valence-corrected chi connectivity index (χ2v) is 6.31. The summed E-state index contributed by atoms with van der Waals surface area (Å²) in [7, 11) is 2.07. The van der Waals surface area contributed by atoms with Gasteiger partial charge in [0, 0.05) is 12.7 Å². The Morgan fingerprint density at radius 3 is 2.93 bits per heavy atom. The molecule has 0 bridgehead atoms. The molecule has 0 atom stereocenters. The van der Waals surface area contributed by atoms with E-state index in [2.05, 4.69) is 33.4 Å². The van der Waals surface area contributed by atoms with Crippen LogP contribution in [0.1, 0.15) is 30.9 Å². The first-order chi connectivity index (χ1) is 13.0. The predicted molar refractivity (Wildman–Crippen MR) is 106 cm³/mol. The van der Waals surface area contributed by atoms with Crippen LogP contribution in [0.2, 0.25) is 0 Å². The van der Waals surface area contributed by atoms with Gasteiger partial charge in [-0.25, -0.2) is 19.6 Å². The molecular weight excluding hydrogens is 350 g/mol. The minimum absolute atomic E-state index is 0.150. The monoisotopic (exact) mass is 376 g/mol. The summed E-state index contributed by atoms with van der Waals surface area (Å²) >= 11 is 0. The van der Waals surface area contributed by atoms with E-state index in [9.17, 15) is 8.78 Å². The molecule has 0 unspecified atom stereocenters. The molecule has 0 aliphatic carbocycles. The Hall–Kier alpha value is -2.58. The van der Waals surface area contributed by atoms with Crippen LogP contribution in [-0.4, -0.2) is 42.4 Å². The number of halogens is 2. The number of likely N-dealkylation sites (N-methyl/N-ethyl adjacent to an activating group) is 1. The maximum Gasteiger partial charge on any atom is 0.157 e. The number of nitrogen functional groups attached to an aromatic ring is 1. The van der Waals surface area contributed by atoms with E-state index in [0.29, 0.717) is 5.56 Å². The molecule has 0 spiro atoms. The molecule has 0 saturated carbocycles. The third-order valence-corrected chi connectivity index (χ3v) is 4.26. The van der Waals surface area contributed by atoms with E-state index in [1.165, 1.54) is 6.08 Å². The molecule has 6 nitrogen and oxygen atoms in total. The average molecular weight is 376 g/mol. The molecule has 2 heterocycles. The normalized spacial score (nSPS) is 17.5. The number of hydrogen-bond donors (Lipinski definition) is 3. The van der Waals surface area contributed by atoms with Gasteiger partial charge in [0.1, 0.15) is 11.7 Å². The Morgan fingerprint density at radius 1 is 1.44 bits per heavy atom. The summed E-state index contributed by atoms with van der Waals surface area (Å²) in [6.07, 6.45) is 8.26. The maximum absolute atomic E-state index is 13.8. The van der Waals surface area contributed by atoms with Crippen LogP contribution in [0.3, 0.4) is 0 Å². The van der Waals surface area contributed by atoms with Gasteiger partial charge in [-0.05, 0) is 56.6 Å². The van der Waals surface area contributed by atoms with Crippen LogP contribution in [0.25, 0.3) is 5.57 Å². The van der Waals surface area contributed by atoms with Crippen LogP contribution in [0.4, 0.5) is 14.6 Å². The van der Waals surface area contributed by atoms with E-state index in [1.807, 2.05) is 6.07 Å². The fourth-order valence-corrected chi connectivity index (χ4v) is 2.77. The summed E-state index contributed by atoms with van der Waals surface area (Å²) in [5.41, 5.74) is 10.9. The number of rotatable bonds is 5. The third kappa shape index (κ3) is 5.70. The van der Waals surface area contributed by atoms with Crippen molar-refractivity contribution in [2.45, 2.75) is 19.8 Å². The number of aliphatic imine (C=N–C) groups is 1.